The van der Waals surface area contributed by atoms with Crippen LogP contribution >= 0.6 is 0 Å². The van der Waals surface area contributed by atoms with Gasteiger partial charge >= 0.3 is 0 Å². The molecule has 0 bridgehead atoms. The van der Waals surface area contributed by atoms with Crippen LogP contribution in [0.2, 0.25) is 0 Å². The number of carbonyl (C=O) groups excluding carboxylic acids is 2. The van der Waals surface area contributed by atoms with Crippen molar-refractivity contribution in [2.24, 2.45) is 0 Å². The summed E-state index contributed by atoms with van der Waals surface area (Å²) in [6.45, 7) is 2.84. The van der Waals surface area contributed by atoms with Gasteiger partial charge in [-0.15, -0.1) is 0 Å². The third kappa shape index (κ3) is 7.05. The standard InChI is InChI=1S/C39H37N3O4/c1-45-32-14-9-15-33(28-32)46-27-11-25-41-24-10-26-42(37-19-8-7-18-36(37)41)39(44)30-20-22-31(23-21-30)40-38(43)35-17-6-5-16-34(35)29-12-3-2-4-13-29/h2-9,12-23,28H,10-11,24-27H2,1H3,(H,40,43). The molecule has 1 aliphatic heterocycles. The van der Waals surface area contributed by atoms with Crippen LogP contribution in [-0.2, 0) is 0 Å². The van der Waals surface area contributed by atoms with E-state index < -0.39 is 0 Å². The predicted octanol–water partition coefficient (Wildman–Crippen LogP) is 7.94. The molecule has 2 amide bonds. The van der Waals surface area contributed by atoms with Gasteiger partial charge in [0.15, 0.2) is 0 Å². The number of carbonyl (C=O) groups is 2. The molecule has 6 rings (SSSR count). The van der Waals surface area contributed by atoms with Gasteiger partial charge in [0.05, 0.1) is 25.1 Å². The van der Waals surface area contributed by atoms with Crippen LogP contribution in [0.1, 0.15) is 33.6 Å². The topological polar surface area (TPSA) is 71.1 Å². The molecule has 0 spiro atoms. The number of nitrogens with zero attached hydrogens (tertiary/aromatic N) is 2. The van der Waals surface area contributed by atoms with E-state index in [2.05, 4.69) is 16.3 Å². The minimum atomic E-state index is -0.200. The minimum absolute atomic E-state index is 0.0667. The third-order valence-corrected chi connectivity index (χ3v) is 8.10. The highest BCUT2D eigenvalue weighted by Gasteiger charge is 2.25. The first-order chi connectivity index (χ1) is 22.6. The smallest absolute Gasteiger partial charge is 0.258 e. The van der Waals surface area contributed by atoms with Crippen LogP contribution in [0.4, 0.5) is 17.1 Å². The molecule has 46 heavy (non-hydrogen) atoms. The van der Waals surface area contributed by atoms with Crippen molar-refractivity contribution in [2.45, 2.75) is 12.8 Å². The van der Waals surface area contributed by atoms with Crippen molar-refractivity contribution in [1.82, 2.24) is 0 Å². The summed E-state index contributed by atoms with van der Waals surface area (Å²) in [4.78, 5) is 31.3. The molecule has 0 radical (unpaired) electrons. The average molecular weight is 612 g/mol. The summed E-state index contributed by atoms with van der Waals surface area (Å²) in [5.41, 5.74) is 5.56. The molecule has 5 aromatic rings. The summed E-state index contributed by atoms with van der Waals surface area (Å²) in [5.74, 6) is 1.29. The second-order valence-corrected chi connectivity index (χ2v) is 11.1. The van der Waals surface area contributed by atoms with Gasteiger partial charge in [0.25, 0.3) is 11.8 Å². The van der Waals surface area contributed by atoms with Crippen LogP contribution in [0, 0.1) is 0 Å². The Morgan fingerprint density at radius 2 is 1.46 bits per heavy atom. The Bertz CT molecular complexity index is 1790. The van der Waals surface area contributed by atoms with E-state index in [9.17, 15) is 9.59 Å². The summed E-state index contributed by atoms with van der Waals surface area (Å²) in [7, 11) is 1.65. The lowest BCUT2D eigenvalue weighted by Gasteiger charge is -2.27. The molecule has 0 unspecified atom stereocenters. The van der Waals surface area contributed by atoms with Gasteiger partial charge in [0.2, 0.25) is 0 Å². The Morgan fingerprint density at radius 1 is 0.739 bits per heavy atom. The van der Waals surface area contributed by atoms with Crippen LogP contribution in [0.5, 0.6) is 11.5 Å². The van der Waals surface area contributed by atoms with Crippen LogP contribution in [0.15, 0.2) is 127 Å². The molecule has 7 heteroatoms. The zero-order chi connectivity index (χ0) is 31.7. The number of benzene rings is 5. The molecular formula is C39H37N3O4. The van der Waals surface area contributed by atoms with Crippen molar-refractivity contribution in [3.05, 3.63) is 139 Å². The number of para-hydroxylation sites is 2. The van der Waals surface area contributed by atoms with E-state index in [-0.39, 0.29) is 11.8 Å². The first kappa shape index (κ1) is 30.5. The molecule has 7 nitrogen and oxygen atoms in total. The van der Waals surface area contributed by atoms with Crippen molar-refractivity contribution in [1.29, 1.82) is 0 Å². The highest BCUT2D eigenvalue weighted by Crippen LogP contribution is 2.33. The number of hydrogen-bond acceptors (Lipinski definition) is 5. The van der Waals surface area contributed by atoms with Crippen LogP contribution in [-0.4, -0.2) is 45.2 Å². The summed E-state index contributed by atoms with van der Waals surface area (Å²) < 4.78 is 11.3. The quantitative estimate of drug-likeness (QED) is 0.162. The number of anilines is 3. The maximum Gasteiger partial charge on any atom is 0.258 e. The number of methoxy groups -OCH3 is 1. The van der Waals surface area contributed by atoms with Gasteiger partial charge in [-0.2, -0.15) is 0 Å². The number of hydrogen-bond donors (Lipinski definition) is 1. The fourth-order valence-electron chi connectivity index (χ4n) is 5.80. The maximum absolute atomic E-state index is 13.8. The summed E-state index contributed by atoms with van der Waals surface area (Å²) in [6, 6.07) is 40.3. The molecule has 0 atom stereocenters. The van der Waals surface area contributed by atoms with E-state index in [0.29, 0.717) is 30.0 Å². The lowest BCUT2D eigenvalue weighted by atomic mass is 9.99. The lowest BCUT2D eigenvalue weighted by molar-refractivity contribution is 0.0986. The second-order valence-electron chi connectivity index (χ2n) is 11.1. The Hall–Kier alpha value is -5.56. The second kappa shape index (κ2) is 14.5. The molecule has 1 N–H and O–H groups in total. The number of fused-ring (bicyclic) bond motifs is 1. The Morgan fingerprint density at radius 3 is 2.26 bits per heavy atom. The maximum atomic E-state index is 13.8. The molecule has 5 aromatic carbocycles. The zero-order valence-electron chi connectivity index (χ0n) is 25.9. The molecule has 0 saturated heterocycles. The van der Waals surface area contributed by atoms with Gasteiger partial charge < -0.3 is 24.6 Å². The first-order valence-electron chi connectivity index (χ1n) is 15.6. The number of nitrogens with one attached hydrogen (secondary N) is 1. The zero-order valence-corrected chi connectivity index (χ0v) is 25.9. The average Bonchev–Trinajstić information content (AvgIpc) is 3.30. The van der Waals surface area contributed by atoms with Gasteiger partial charge in [-0.3, -0.25) is 9.59 Å². The third-order valence-electron chi connectivity index (χ3n) is 8.10. The molecule has 0 aliphatic carbocycles. The molecular weight excluding hydrogens is 574 g/mol. The largest absolute Gasteiger partial charge is 0.497 e. The van der Waals surface area contributed by atoms with Crippen molar-refractivity contribution >= 4 is 28.9 Å². The summed E-state index contributed by atoms with van der Waals surface area (Å²) in [5, 5.41) is 3.00. The van der Waals surface area contributed by atoms with E-state index in [1.165, 1.54) is 0 Å². The lowest BCUT2D eigenvalue weighted by Crippen LogP contribution is -2.31. The molecule has 0 fully saturated rings. The van der Waals surface area contributed by atoms with Gasteiger partial charge in [0, 0.05) is 42.5 Å². The number of amides is 2. The van der Waals surface area contributed by atoms with Gasteiger partial charge in [-0.1, -0.05) is 66.7 Å². The molecule has 0 saturated carbocycles. The van der Waals surface area contributed by atoms with Crippen LogP contribution in [0.3, 0.4) is 0 Å². The highest BCUT2D eigenvalue weighted by molar-refractivity contribution is 6.10. The normalized spacial score (nSPS) is 12.5. The first-order valence-corrected chi connectivity index (χ1v) is 15.6. The van der Waals surface area contributed by atoms with Crippen LogP contribution < -0.4 is 24.6 Å². The fraction of sp³-hybridized carbons (Fsp3) is 0.179. The summed E-state index contributed by atoms with van der Waals surface area (Å²) >= 11 is 0. The van der Waals surface area contributed by atoms with Gasteiger partial charge in [-0.05, 0) is 78.6 Å². The van der Waals surface area contributed by atoms with E-state index in [4.69, 9.17) is 9.47 Å². The molecule has 232 valence electrons. The monoisotopic (exact) mass is 611 g/mol. The predicted molar refractivity (Wildman–Crippen MR) is 184 cm³/mol. The van der Waals surface area contributed by atoms with Gasteiger partial charge in [0.1, 0.15) is 11.5 Å². The fourth-order valence-corrected chi connectivity index (χ4v) is 5.80. The SMILES string of the molecule is COc1cccc(OCCCN2CCCN(C(=O)c3ccc(NC(=O)c4ccccc4-c4ccccc4)cc3)c3ccccc32)c1. The summed E-state index contributed by atoms with van der Waals surface area (Å²) in [6.07, 6.45) is 1.68. The Balaban J connectivity index is 1.11. The highest BCUT2D eigenvalue weighted by atomic mass is 16.5. The van der Waals surface area contributed by atoms with E-state index in [1.807, 2.05) is 102 Å². The van der Waals surface area contributed by atoms with E-state index in [0.717, 1.165) is 59.9 Å². The van der Waals surface area contributed by atoms with Crippen molar-refractivity contribution in [3.63, 3.8) is 0 Å². The number of ether oxygens (including phenoxy) is 2. The Labute approximate surface area is 270 Å². The Kier molecular flexibility index (Phi) is 9.59. The van der Waals surface area contributed by atoms with E-state index >= 15 is 0 Å². The number of rotatable bonds is 10. The molecule has 1 aliphatic rings. The van der Waals surface area contributed by atoms with Gasteiger partial charge in [-0.25, -0.2) is 0 Å². The minimum Gasteiger partial charge on any atom is -0.497 e. The molecule has 1 heterocycles. The van der Waals surface area contributed by atoms with Crippen molar-refractivity contribution in [2.75, 3.05) is 48.5 Å². The van der Waals surface area contributed by atoms with E-state index in [1.54, 1.807) is 31.4 Å². The van der Waals surface area contributed by atoms with Crippen molar-refractivity contribution in [3.8, 4) is 22.6 Å². The molecule has 0 aromatic heterocycles. The van der Waals surface area contributed by atoms with Crippen molar-refractivity contribution < 1.29 is 19.1 Å². The van der Waals surface area contributed by atoms with Crippen LogP contribution in [0.25, 0.3) is 11.1 Å².